The van der Waals surface area contributed by atoms with Crippen LogP contribution in [-0.4, -0.2) is 15.2 Å². The highest BCUT2D eigenvalue weighted by molar-refractivity contribution is 5.66. The first kappa shape index (κ1) is 12.2. The van der Waals surface area contributed by atoms with Crippen molar-refractivity contribution in [3.05, 3.63) is 48.0 Å². The first-order valence-electron chi connectivity index (χ1n) is 6.14. The SMILES string of the molecule is Cc1ccccc1-c1noc(-c2ccc(N)c(O)c2)n1. The Morgan fingerprint density at radius 2 is 1.95 bits per heavy atom. The number of aromatic nitrogens is 2. The van der Waals surface area contributed by atoms with Crippen LogP contribution in [0.15, 0.2) is 47.0 Å². The van der Waals surface area contributed by atoms with Gasteiger partial charge in [0.2, 0.25) is 5.82 Å². The third-order valence-corrected chi connectivity index (χ3v) is 3.09. The monoisotopic (exact) mass is 267 g/mol. The lowest BCUT2D eigenvalue weighted by Gasteiger charge is -1.99. The lowest BCUT2D eigenvalue weighted by molar-refractivity contribution is 0.431. The highest BCUT2D eigenvalue weighted by Gasteiger charge is 2.13. The second kappa shape index (κ2) is 4.70. The molecule has 20 heavy (non-hydrogen) atoms. The molecule has 0 radical (unpaired) electrons. The van der Waals surface area contributed by atoms with Gasteiger partial charge < -0.3 is 15.4 Å². The summed E-state index contributed by atoms with van der Waals surface area (Å²) in [6.07, 6.45) is 0. The number of anilines is 1. The lowest BCUT2D eigenvalue weighted by atomic mass is 10.1. The van der Waals surface area contributed by atoms with Crippen LogP contribution >= 0.6 is 0 Å². The third kappa shape index (κ3) is 2.09. The predicted molar refractivity (Wildman–Crippen MR) is 76.0 cm³/mol. The number of hydrogen-bond donors (Lipinski definition) is 2. The van der Waals surface area contributed by atoms with Gasteiger partial charge in [-0.3, -0.25) is 0 Å². The number of phenols is 1. The van der Waals surface area contributed by atoms with Crippen molar-refractivity contribution in [3.63, 3.8) is 0 Å². The van der Waals surface area contributed by atoms with Crippen molar-refractivity contribution < 1.29 is 9.63 Å². The van der Waals surface area contributed by atoms with Crippen LogP contribution in [0.1, 0.15) is 5.56 Å². The summed E-state index contributed by atoms with van der Waals surface area (Å²) >= 11 is 0. The molecule has 5 nitrogen and oxygen atoms in total. The van der Waals surface area contributed by atoms with E-state index in [0.717, 1.165) is 11.1 Å². The van der Waals surface area contributed by atoms with Crippen molar-refractivity contribution in [1.29, 1.82) is 0 Å². The van der Waals surface area contributed by atoms with Gasteiger partial charge in [0.15, 0.2) is 0 Å². The van der Waals surface area contributed by atoms with Crippen LogP contribution < -0.4 is 5.73 Å². The summed E-state index contributed by atoms with van der Waals surface area (Å²) in [6, 6.07) is 12.6. The molecule has 0 saturated heterocycles. The molecule has 0 atom stereocenters. The van der Waals surface area contributed by atoms with Gasteiger partial charge >= 0.3 is 0 Å². The van der Waals surface area contributed by atoms with Gasteiger partial charge in [0, 0.05) is 11.1 Å². The summed E-state index contributed by atoms with van der Waals surface area (Å²) in [5.41, 5.74) is 8.50. The van der Waals surface area contributed by atoms with Crippen LogP contribution in [0.4, 0.5) is 5.69 Å². The second-order valence-corrected chi connectivity index (χ2v) is 4.51. The van der Waals surface area contributed by atoms with Crippen molar-refractivity contribution in [2.45, 2.75) is 6.92 Å². The van der Waals surface area contributed by atoms with E-state index in [0.29, 0.717) is 23.0 Å². The van der Waals surface area contributed by atoms with Gasteiger partial charge in [-0.25, -0.2) is 0 Å². The Morgan fingerprint density at radius 1 is 1.15 bits per heavy atom. The van der Waals surface area contributed by atoms with E-state index in [4.69, 9.17) is 10.3 Å². The van der Waals surface area contributed by atoms with E-state index >= 15 is 0 Å². The van der Waals surface area contributed by atoms with Gasteiger partial charge in [0.25, 0.3) is 5.89 Å². The number of benzene rings is 2. The van der Waals surface area contributed by atoms with Gasteiger partial charge in [0.05, 0.1) is 5.69 Å². The smallest absolute Gasteiger partial charge is 0.258 e. The van der Waals surface area contributed by atoms with E-state index in [1.807, 2.05) is 31.2 Å². The van der Waals surface area contributed by atoms with Gasteiger partial charge in [0.1, 0.15) is 5.75 Å². The molecule has 0 spiro atoms. The van der Waals surface area contributed by atoms with Crippen LogP contribution in [0.5, 0.6) is 5.75 Å². The Bertz CT molecular complexity index is 765. The zero-order chi connectivity index (χ0) is 14.1. The summed E-state index contributed by atoms with van der Waals surface area (Å²) < 4.78 is 5.24. The maximum absolute atomic E-state index is 9.61. The fourth-order valence-electron chi connectivity index (χ4n) is 1.95. The Morgan fingerprint density at radius 3 is 2.70 bits per heavy atom. The number of nitrogens with two attached hydrogens (primary N) is 1. The van der Waals surface area contributed by atoms with Crippen molar-refractivity contribution >= 4 is 5.69 Å². The van der Waals surface area contributed by atoms with E-state index in [9.17, 15) is 5.11 Å². The normalized spacial score (nSPS) is 10.7. The largest absolute Gasteiger partial charge is 0.506 e. The molecule has 0 amide bonds. The molecule has 3 N–H and O–H groups in total. The van der Waals surface area contributed by atoms with Crippen LogP contribution in [-0.2, 0) is 0 Å². The molecule has 0 bridgehead atoms. The predicted octanol–water partition coefficient (Wildman–Crippen LogP) is 3.00. The minimum atomic E-state index is -0.00172. The van der Waals surface area contributed by atoms with Crippen LogP contribution in [0.25, 0.3) is 22.8 Å². The average molecular weight is 267 g/mol. The molecular weight excluding hydrogens is 254 g/mol. The number of rotatable bonds is 2. The van der Waals surface area contributed by atoms with Crippen molar-refractivity contribution in [1.82, 2.24) is 10.1 Å². The molecule has 0 aliphatic rings. The lowest BCUT2D eigenvalue weighted by Crippen LogP contribution is -1.87. The fourth-order valence-corrected chi connectivity index (χ4v) is 1.95. The summed E-state index contributed by atoms with van der Waals surface area (Å²) in [5, 5.41) is 13.6. The minimum absolute atomic E-state index is 0.00172. The molecule has 3 aromatic rings. The summed E-state index contributed by atoms with van der Waals surface area (Å²) in [5.74, 6) is 0.867. The summed E-state index contributed by atoms with van der Waals surface area (Å²) in [7, 11) is 0. The first-order chi connectivity index (χ1) is 9.65. The molecule has 0 aliphatic carbocycles. The molecule has 3 rings (SSSR count). The Balaban J connectivity index is 2.02. The molecule has 1 heterocycles. The summed E-state index contributed by atoms with van der Waals surface area (Å²) in [6.45, 7) is 1.99. The Hall–Kier alpha value is -2.82. The fraction of sp³-hybridized carbons (Fsp3) is 0.0667. The zero-order valence-corrected chi connectivity index (χ0v) is 10.9. The number of nitrogen functional groups attached to an aromatic ring is 1. The first-order valence-corrected chi connectivity index (χ1v) is 6.14. The van der Waals surface area contributed by atoms with Gasteiger partial charge in [-0.15, -0.1) is 0 Å². The van der Waals surface area contributed by atoms with Crippen molar-refractivity contribution in [2.75, 3.05) is 5.73 Å². The minimum Gasteiger partial charge on any atom is -0.506 e. The number of phenolic OH excluding ortho intramolecular Hbond substituents is 1. The molecule has 2 aromatic carbocycles. The maximum Gasteiger partial charge on any atom is 0.258 e. The molecule has 100 valence electrons. The molecule has 0 aliphatic heterocycles. The standard InChI is InChI=1S/C15H13N3O2/c1-9-4-2-3-5-11(9)14-17-15(20-18-14)10-6-7-12(16)13(19)8-10/h2-8,19H,16H2,1H3. The second-order valence-electron chi connectivity index (χ2n) is 4.51. The Labute approximate surface area is 115 Å². The van der Waals surface area contributed by atoms with Gasteiger partial charge in [-0.2, -0.15) is 4.98 Å². The highest BCUT2D eigenvalue weighted by atomic mass is 16.5. The number of aromatic hydroxyl groups is 1. The molecule has 0 unspecified atom stereocenters. The topological polar surface area (TPSA) is 85.2 Å². The van der Waals surface area contributed by atoms with Crippen LogP contribution in [0.2, 0.25) is 0 Å². The van der Waals surface area contributed by atoms with E-state index in [-0.39, 0.29) is 5.75 Å². The Kier molecular flexibility index (Phi) is 2.87. The molecule has 0 fully saturated rings. The van der Waals surface area contributed by atoms with Crippen molar-refractivity contribution in [2.24, 2.45) is 0 Å². The van der Waals surface area contributed by atoms with E-state index in [1.54, 1.807) is 12.1 Å². The zero-order valence-electron chi connectivity index (χ0n) is 10.9. The quantitative estimate of drug-likeness (QED) is 0.550. The third-order valence-electron chi connectivity index (χ3n) is 3.09. The van der Waals surface area contributed by atoms with Crippen molar-refractivity contribution in [3.8, 4) is 28.6 Å². The van der Waals surface area contributed by atoms with Crippen LogP contribution in [0.3, 0.4) is 0 Å². The average Bonchev–Trinajstić information content (AvgIpc) is 2.92. The van der Waals surface area contributed by atoms with E-state index in [1.165, 1.54) is 6.07 Å². The highest BCUT2D eigenvalue weighted by Crippen LogP contribution is 2.28. The van der Waals surface area contributed by atoms with Gasteiger partial charge in [-0.1, -0.05) is 29.4 Å². The molecule has 1 aromatic heterocycles. The van der Waals surface area contributed by atoms with Crippen LogP contribution in [0, 0.1) is 6.92 Å². The number of aryl methyl sites for hydroxylation is 1. The summed E-state index contributed by atoms with van der Waals surface area (Å²) in [4.78, 5) is 4.35. The van der Waals surface area contributed by atoms with E-state index in [2.05, 4.69) is 10.1 Å². The molecule has 0 saturated carbocycles. The van der Waals surface area contributed by atoms with E-state index < -0.39 is 0 Å². The number of nitrogens with zero attached hydrogens (tertiary/aromatic N) is 2. The molecule has 5 heteroatoms. The van der Waals surface area contributed by atoms with Gasteiger partial charge in [-0.05, 0) is 30.7 Å². The molecular formula is C15H13N3O2. The maximum atomic E-state index is 9.61. The number of hydrogen-bond acceptors (Lipinski definition) is 5.